The molecule has 0 atom stereocenters. The van der Waals surface area contributed by atoms with Gasteiger partial charge < -0.3 is 15.3 Å². The molecule has 0 bridgehead atoms. The highest BCUT2D eigenvalue weighted by Crippen LogP contribution is 2.34. The van der Waals surface area contributed by atoms with Crippen LogP contribution >= 0.6 is 11.8 Å². The lowest BCUT2D eigenvalue weighted by Gasteiger charge is -2.49. The third-order valence-electron chi connectivity index (χ3n) is 5.65. The largest absolute Gasteiger partial charge is 0.507 e. The third-order valence-corrected chi connectivity index (χ3v) is 6.57. The fourth-order valence-corrected chi connectivity index (χ4v) is 5.39. The van der Waals surface area contributed by atoms with Gasteiger partial charge in [-0.3, -0.25) is 10.2 Å². The maximum atomic E-state index is 11.8. The topological polar surface area (TPSA) is 102 Å². The van der Waals surface area contributed by atoms with Gasteiger partial charge in [-0.15, -0.1) is 0 Å². The molecule has 5 N–H and O–H groups in total. The van der Waals surface area contributed by atoms with Crippen molar-refractivity contribution >= 4 is 27.8 Å². The molecule has 1 aliphatic heterocycles. The van der Waals surface area contributed by atoms with Crippen molar-refractivity contribution in [3.8, 4) is 5.75 Å². The average Bonchev–Trinajstić information content (AvgIpc) is 2.90. The summed E-state index contributed by atoms with van der Waals surface area (Å²) in [5.74, 6) is 0.0604. The van der Waals surface area contributed by atoms with Crippen LogP contribution < -0.4 is 10.7 Å². The Morgan fingerprint density at radius 1 is 1.25 bits per heavy atom. The molecule has 0 saturated carbocycles. The molecule has 7 heteroatoms. The van der Waals surface area contributed by atoms with E-state index >= 15 is 0 Å². The Bertz CT molecular complexity index is 831. The number of nitrogens with one attached hydrogen (secondary N) is 2. The molecular weight excluding hydrogens is 372 g/mol. The number of ketones is 1. The fraction of sp³-hybridized carbons (Fsp3) is 0.571. The number of hydrogen-bond donors (Lipinski definition) is 4. The predicted molar refractivity (Wildman–Crippen MR) is 114 cm³/mol. The van der Waals surface area contributed by atoms with Gasteiger partial charge in [-0.1, -0.05) is 0 Å². The quantitative estimate of drug-likeness (QED) is 0.446. The summed E-state index contributed by atoms with van der Waals surface area (Å²) in [4.78, 5) is 13.8. The van der Waals surface area contributed by atoms with E-state index in [9.17, 15) is 9.90 Å². The van der Waals surface area contributed by atoms with Crippen molar-refractivity contribution in [1.29, 1.82) is 5.41 Å². The first-order valence-corrected chi connectivity index (χ1v) is 10.5. The van der Waals surface area contributed by atoms with Crippen molar-refractivity contribution in [2.45, 2.75) is 70.5 Å². The van der Waals surface area contributed by atoms with E-state index in [1.807, 2.05) is 11.9 Å². The molecule has 0 aromatic heterocycles. The number of aryl methyl sites for hydroxylation is 1. The highest BCUT2D eigenvalue weighted by molar-refractivity contribution is 8.26. The van der Waals surface area contributed by atoms with E-state index in [0.717, 1.165) is 30.2 Å². The Labute approximate surface area is 171 Å². The zero-order valence-corrected chi connectivity index (χ0v) is 18.2. The first-order chi connectivity index (χ1) is 12.9. The predicted octanol–water partition coefficient (Wildman–Crippen LogP) is 1.94. The maximum absolute atomic E-state index is 11.8. The molecule has 0 amide bonds. The number of thioether (sulfide) groups is 1. The number of nitrogens with zero attached hydrogens (tertiary/aromatic N) is 1. The molecule has 0 radical (unpaired) electrons. The van der Waals surface area contributed by atoms with Crippen molar-refractivity contribution < 1.29 is 15.3 Å². The summed E-state index contributed by atoms with van der Waals surface area (Å²) in [6.45, 7) is 8.76. The fourth-order valence-electron chi connectivity index (χ4n) is 4.62. The van der Waals surface area contributed by atoms with Gasteiger partial charge in [0.1, 0.15) is 5.75 Å². The van der Waals surface area contributed by atoms with Gasteiger partial charge in [0.2, 0.25) is 5.04 Å². The number of piperidine rings is 1. The van der Waals surface area contributed by atoms with Crippen molar-refractivity contribution in [1.82, 2.24) is 10.2 Å². The summed E-state index contributed by atoms with van der Waals surface area (Å²) >= 11 is 1.15. The lowest BCUT2D eigenvalue weighted by Crippen LogP contribution is -2.62. The van der Waals surface area contributed by atoms with Crippen LogP contribution in [0.25, 0.3) is 0 Å². The van der Waals surface area contributed by atoms with Gasteiger partial charge in [0, 0.05) is 47.9 Å². The second kappa shape index (κ2) is 7.19. The highest BCUT2D eigenvalue weighted by atomic mass is 32.2. The van der Waals surface area contributed by atoms with E-state index in [4.69, 9.17) is 10.8 Å². The van der Waals surface area contributed by atoms with Gasteiger partial charge >= 0.3 is 0 Å². The SMILES string of the molecule is CN(C(=N)SC(=[NH2+])c1cc2c(cc1O)C(=O)CC2)C1CC(C)(C)NC(C)(C)C1. The van der Waals surface area contributed by atoms with E-state index in [0.29, 0.717) is 34.2 Å². The number of nitrogens with two attached hydrogens (primary N) is 1. The van der Waals surface area contributed by atoms with Crippen LogP contribution in [-0.2, 0) is 6.42 Å². The van der Waals surface area contributed by atoms with Gasteiger partial charge in [0.15, 0.2) is 11.0 Å². The van der Waals surface area contributed by atoms with Crippen molar-refractivity contribution in [2.75, 3.05) is 7.05 Å². The number of phenols is 1. The van der Waals surface area contributed by atoms with Crippen LogP contribution in [0.2, 0.25) is 0 Å². The van der Waals surface area contributed by atoms with E-state index in [1.54, 1.807) is 6.07 Å². The molecular formula is C21H31N4O2S+. The normalized spacial score (nSPS) is 20.7. The molecule has 0 unspecified atom stereocenters. The van der Waals surface area contributed by atoms with Crippen LogP contribution in [0.1, 0.15) is 68.4 Å². The monoisotopic (exact) mass is 403 g/mol. The number of carbonyl (C=O) groups is 1. The first kappa shape index (κ1) is 20.9. The van der Waals surface area contributed by atoms with Crippen LogP contribution in [0, 0.1) is 5.41 Å². The molecule has 1 saturated heterocycles. The minimum Gasteiger partial charge on any atom is -0.507 e. The summed E-state index contributed by atoms with van der Waals surface area (Å²) in [7, 11) is 1.94. The number of amidine groups is 1. The Morgan fingerprint density at radius 2 is 1.86 bits per heavy atom. The Hall–Kier alpha value is -1.86. The zero-order valence-electron chi connectivity index (χ0n) is 17.3. The molecule has 2 aliphatic rings. The van der Waals surface area contributed by atoms with E-state index < -0.39 is 0 Å². The minimum atomic E-state index is -0.00826. The maximum Gasteiger partial charge on any atom is 0.250 e. The molecule has 1 aliphatic carbocycles. The molecule has 0 spiro atoms. The molecule has 1 heterocycles. The number of rotatable bonds is 2. The summed E-state index contributed by atoms with van der Waals surface area (Å²) < 4.78 is 0. The minimum absolute atomic E-state index is 0.00131. The summed E-state index contributed by atoms with van der Waals surface area (Å²) in [5, 5.41) is 29.5. The number of Topliss-reactive ketones (excluding diaryl/α,β-unsaturated/α-hetero) is 1. The van der Waals surface area contributed by atoms with E-state index in [1.165, 1.54) is 6.07 Å². The number of hydrogen-bond acceptors (Lipinski definition) is 5. The molecule has 1 aromatic carbocycles. The molecule has 1 aromatic rings. The number of phenolic OH excluding ortho intramolecular Hbond substituents is 1. The van der Waals surface area contributed by atoms with Crippen LogP contribution in [0.5, 0.6) is 5.75 Å². The Morgan fingerprint density at radius 3 is 2.46 bits per heavy atom. The van der Waals surface area contributed by atoms with Crippen molar-refractivity contribution in [2.24, 2.45) is 0 Å². The summed E-state index contributed by atoms with van der Waals surface area (Å²) in [6, 6.07) is 3.53. The number of benzene rings is 1. The van der Waals surface area contributed by atoms with E-state index in [-0.39, 0.29) is 28.7 Å². The number of aromatic hydroxyl groups is 1. The molecule has 28 heavy (non-hydrogen) atoms. The van der Waals surface area contributed by atoms with Gasteiger partial charge in [-0.2, -0.15) is 0 Å². The lowest BCUT2D eigenvalue weighted by molar-refractivity contribution is -0.107. The molecule has 6 nitrogen and oxygen atoms in total. The second-order valence-corrected chi connectivity index (χ2v) is 10.3. The van der Waals surface area contributed by atoms with Gasteiger partial charge in [-0.05, 0) is 64.7 Å². The third kappa shape index (κ3) is 4.25. The molecule has 1 fully saturated rings. The number of carbonyl (C=O) groups excluding carboxylic acids is 1. The average molecular weight is 404 g/mol. The van der Waals surface area contributed by atoms with Crippen molar-refractivity contribution in [3.05, 3.63) is 28.8 Å². The van der Waals surface area contributed by atoms with Crippen LogP contribution in [-0.4, -0.2) is 50.2 Å². The second-order valence-electron chi connectivity index (χ2n) is 9.29. The van der Waals surface area contributed by atoms with Crippen LogP contribution in [0.4, 0.5) is 0 Å². The Balaban J connectivity index is 1.72. The number of fused-ring (bicyclic) bond motifs is 1. The van der Waals surface area contributed by atoms with Gasteiger partial charge in [-0.25, -0.2) is 5.41 Å². The van der Waals surface area contributed by atoms with Crippen LogP contribution in [0.15, 0.2) is 12.1 Å². The highest BCUT2D eigenvalue weighted by Gasteiger charge is 2.40. The first-order valence-electron chi connectivity index (χ1n) is 9.69. The smallest absolute Gasteiger partial charge is 0.250 e. The van der Waals surface area contributed by atoms with Crippen LogP contribution in [0.3, 0.4) is 0 Å². The zero-order chi connectivity index (χ0) is 20.9. The molecule has 3 rings (SSSR count). The standard InChI is InChI=1S/C21H30N4O2S/c1-20(2)10-13(11-21(3,4)24-20)25(5)19(23)28-18(22)15-8-12-6-7-16(26)14(12)9-17(15)27/h8-9,13,22-24,27H,6-7,10-11H2,1-5H3/p+1. The molecule has 152 valence electrons. The lowest BCUT2D eigenvalue weighted by atomic mass is 9.79. The summed E-state index contributed by atoms with van der Waals surface area (Å²) in [5.41, 5.74) is 1.99. The van der Waals surface area contributed by atoms with E-state index in [2.05, 4.69) is 33.0 Å². The Kier molecular flexibility index (Phi) is 5.36. The van der Waals surface area contributed by atoms with Crippen molar-refractivity contribution in [3.63, 3.8) is 0 Å². The van der Waals surface area contributed by atoms with Gasteiger partial charge in [0.25, 0.3) is 0 Å². The summed E-state index contributed by atoms with van der Waals surface area (Å²) in [6.07, 6.45) is 3.02. The van der Waals surface area contributed by atoms with Gasteiger partial charge in [0.05, 0.1) is 5.56 Å².